The molecule has 0 aliphatic carbocycles. The average molecular weight is 1180 g/mol. The van der Waals surface area contributed by atoms with E-state index in [1.54, 1.807) is 0 Å². The molecule has 0 spiro atoms. The zero-order valence-electron chi connectivity index (χ0n) is 40.4. The molecule has 2 aliphatic heterocycles. The molecule has 4 heterocycles. The van der Waals surface area contributed by atoms with Crippen molar-refractivity contribution in [2.75, 3.05) is 82.0 Å². The zero-order valence-corrected chi connectivity index (χ0v) is 56.2. The first-order chi connectivity index (χ1) is 31.9. The molecule has 4 unspecified atom stereocenters. The van der Waals surface area contributed by atoms with Gasteiger partial charge < -0.3 is 59.5 Å². The summed E-state index contributed by atoms with van der Waals surface area (Å²) in [5, 5.41) is 30.3. The van der Waals surface area contributed by atoms with Crippen LogP contribution in [0.15, 0.2) is 46.2 Å². The number of hydrogen-bond donors (Lipinski definition) is 6. The van der Waals surface area contributed by atoms with Gasteiger partial charge in [0.2, 0.25) is 35.7 Å². The van der Waals surface area contributed by atoms with E-state index in [-0.39, 0.29) is 314 Å². The monoisotopic (exact) mass is 1180 g/mol. The molecule has 2 aromatic heterocycles. The van der Waals surface area contributed by atoms with Gasteiger partial charge in [0.05, 0.1) is 41.5 Å². The van der Waals surface area contributed by atoms with E-state index in [0.717, 1.165) is 24.3 Å². The fourth-order valence-corrected chi connectivity index (χ4v) is 9.76. The van der Waals surface area contributed by atoms with Gasteiger partial charge in [-0.1, -0.05) is 24.3 Å². The third-order valence-corrected chi connectivity index (χ3v) is 14.2. The summed E-state index contributed by atoms with van der Waals surface area (Å²) < 4.78 is 143. The summed E-state index contributed by atoms with van der Waals surface area (Å²) in [6.07, 6.45) is 4.62. The van der Waals surface area contributed by atoms with E-state index in [4.69, 9.17) is 0 Å². The Labute approximate surface area is 588 Å². The van der Waals surface area contributed by atoms with Crippen LogP contribution in [0.1, 0.15) is 50.7 Å². The second kappa shape index (κ2) is 30.6. The number of hydrogen-bond acceptors (Lipinski definition) is 26. The van der Waals surface area contributed by atoms with Gasteiger partial charge in [-0.2, -0.15) is 29.9 Å². The minimum absolute atomic E-state index is 0. The van der Waals surface area contributed by atoms with E-state index in [2.05, 4.69) is 51.2 Å². The van der Waals surface area contributed by atoms with Crippen molar-refractivity contribution in [3.05, 3.63) is 47.5 Å². The molecule has 2 aromatic carbocycles. The Morgan fingerprint density at radius 2 is 0.917 bits per heavy atom. The summed E-state index contributed by atoms with van der Waals surface area (Å²) in [4.78, 5) is 28.2. The number of anilines is 8. The van der Waals surface area contributed by atoms with Gasteiger partial charge >= 0.3 is 206 Å². The predicted molar refractivity (Wildman–Crippen MR) is 243 cm³/mol. The molecule has 2 fully saturated rings. The molecule has 4 aromatic rings. The molecule has 0 bridgehead atoms. The van der Waals surface area contributed by atoms with Gasteiger partial charge in [-0.15, -0.1) is 0 Å². The van der Waals surface area contributed by atoms with Crippen LogP contribution in [-0.4, -0.2) is 155 Å². The zero-order chi connectivity index (χ0) is 49.6. The van der Waals surface area contributed by atoms with Crippen LogP contribution in [-0.2, 0) is 40.5 Å². The van der Waals surface area contributed by atoms with E-state index in [0.29, 0.717) is 38.8 Å². The van der Waals surface area contributed by atoms with Crippen LogP contribution in [0.3, 0.4) is 0 Å². The summed E-state index contributed by atoms with van der Waals surface area (Å²) in [5.74, 6) is -1.80. The van der Waals surface area contributed by atoms with Gasteiger partial charge in [0, 0.05) is 62.9 Å². The number of nitrogens with one attached hydrogen (secondary N) is 4. The normalized spacial score (nSPS) is 18.4. The summed E-state index contributed by atoms with van der Waals surface area (Å²) >= 11 is 0. The second-order valence-electron chi connectivity index (χ2n) is 16.2. The Balaban J connectivity index is 0.00000444. The number of aliphatic hydroxyl groups excluding tert-OH is 2. The Morgan fingerprint density at radius 1 is 0.569 bits per heavy atom. The standard InChI is InChI=1S/C38H52N12O14S4.4K/c1-23-17-25(21-51)9-13-49(23)37-45-33(39-11-15-65(53,54)55)43-35(47-37)41-29-7-5-27(31(19-29)67(59,60)61)3-4-28-6-8-30(20-32(28)68(62,63)64)42-36-44-34(40-12-16-66(56,57)58)46-38(48-36)50-14-10-26(22-52)18-24(50)2;;;;/h3-8,19-20,23-26,51-52H,9-18,21-22H2,1-2H3,(H,53,54,55)(H,56,57,58)(H,59,60,61)(H,62,63,64)(H2,39,41,43,45,47)(H2,40,42,44,46,48);;;;/q;4*+1/p-4/b4-3+;;;;. The van der Waals surface area contributed by atoms with Crippen LogP contribution in [0.25, 0.3) is 12.2 Å². The van der Waals surface area contributed by atoms with Crippen LogP contribution >= 0.6 is 0 Å². The maximum absolute atomic E-state index is 12.6. The molecular weight excluding hydrogens is 1130 g/mol. The molecule has 0 radical (unpaired) electrons. The van der Waals surface area contributed by atoms with Gasteiger partial charge in [0.25, 0.3) is 0 Å². The number of aromatic nitrogens is 6. The van der Waals surface area contributed by atoms with E-state index in [1.807, 2.05) is 23.6 Å². The summed E-state index contributed by atoms with van der Waals surface area (Å²) in [6, 6.07) is 6.78. The summed E-state index contributed by atoms with van der Waals surface area (Å²) in [6.45, 7) is 3.93. The molecule has 372 valence electrons. The van der Waals surface area contributed by atoms with E-state index < -0.39 is 61.8 Å². The van der Waals surface area contributed by atoms with Crippen molar-refractivity contribution in [2.24, 2.45) is 11.8 Å². The second-order valence-corrected chi connectivity index (χ2v) is 21.9. The van der Waals surface area contributed by atoms with Crippen molar-refractivity contribution in [3.8, 4) is 0 Å². The van der Waals surface area contributed by atoms with Crippen molar-refractivity contribution >= 4 is 99.7 Å². The van der Waals surface area contributed by atoms with Crippen LogP contribution in [0.2, 0.25) is 0 Å². The quantitative estimate of drug-likeness (QED) is 0.0272. The maximum Gasteiger partial charge on any atom is 1.00 e. The van der Waals surface area contributed by atoms with Crippen molar-refractivity contribution in [3.63, 3.8) is 0 Å². The van der Waals surface area contributed by atoms with Crippen molar-refractivity contribution in [2.45, 2.75) is 61.4 Å². The third-order valence-electron chi connectivity index (χ3n) is 11.0. The van der Waals surface area contributed by atoms with Crippen molar-refractivity contribution in [1.29, 1.82) is 0 Å². The van der Waals surface area contributed by atoms with Gasteiger partial charge in [0.1, 0.15) is 20.2 Å². The molecule has 4 atom stereocenters. The molecular formula is C38H48K4N12O14S4. The SMILES string of the molecule is CC1CC(CO)CCN1c1nc(NCCS(=O)(=O)[O-])nc(Nc2ccc(/C=C/c3ccc(Nc4nc(NCCS(=O)(=O)[O-])nc(N5CCC(CO)CC5C)n4)cc3S(=O)(=O)[O-])c(S(=O)(=O)[O-])c2)n1.[K+].[K+].[K+].[K+]. The smallest absolute Gasteiger partial charge is 0.748 e. The first kappa shape index (κ1) is 69.2. The van der Waals surface area contributed by atoms with Crippen molar-refractivity contribution < 1.29 is 268 Å². The Morgan fingerprint density at radius 3 is 1.22 bits per heavy atom. The first-order valence-corrected chi connectivity index (χ1v) is 26.9. The largest absolute Gasteiger partial charge is 1.00 e. The number of benzene rings is 2. The molecule has 2 aliphatic rings. The van der Waals surface area contributed by atoms with E-state index in [9.17, 15) is 62.1 Å². The molecule has 2 saturated heterocycles. The van der Waals surface area contributed by atoms with Crippen molar-refractivity contribution in [1.82, 2.24) is 29.9 Å². The van der Waals surface area contributed by atoms with Gasteiger partial charge in [-0.25, -0.2) is 33.7 Å². The average Bonchev–Trinajstić information content (AvgIpc) is 3.24. The molecule has 72 heavy (non-hydrogen) atoms. The maximum atomic E-state index is 12.6. The Kier molecular flexibility index (Phi) is 29.4. The van der Waals surface area contributed by atoms with Crippen LogP contribution < -0.4 is 237 Å². The van der Waals surface area contributed by atoms with E-state index >= 15 is 0 Å². The van der Waals surface area contributed by atoms with Crippen LogP contribution in [0, 0.1) is 11.8 Å². The van der Waals surface area contributed by atoms with Crippen LogP contribution in [0.5, 0.6) is 0 Å². The van der Waals surface area contributed by atoms with Gasteiger partial charge in [-0.05, 0) is 86.8 Å². The van der Waals surface area contributed by atoms with Crippen LogP contribution in [0.4, 0.5) is 47.1 Å². The number of rotatable bonds is 20. The van der Waals surface area contributed by atoms with Gasteiger partial charge in [0.15, 0.2) is 0 Å². The topological polar surface area (TPSA) is 401 Å². The fraction of sp³-hybridized carbons (Fsp3) is 0.474. The van der Waals surface area contributed by atoms with Gasteiger partial charge in [-0.3, -0.25) is 0 Å². The number of aliphatic hydroxyl groups is 2. The third kappa shape index (κ3) is 21.3. The fourth-order valence-electron chi connectivity index (χ4n) is 7.67. The summed E-state index contributed by atoms with van der Waals surface area (Å²) in [7, 11) is -19.7. The summed E-state index contributed by atoms with van der Waals surface area (Å²) in [5.41, 5.74) is -0.433. The first-order valence-electron chi connectivity index (χ1n) is 20.9. The molecule has 0 amide bonds. The minimum atomic E-state index is -5.24. The molecule has 6 N–H and O–H groups in total. The Hall–Kier alpha value is 1.11. The Bertz CT molecular complexity index is 2780. The molecule has 34 heteroatoms. The molecule has 0 saturated carbocycles. The number of piperidine rings is 2. The minimum Gasteiger partial charge on any atom is -0.748 e. The predicted octanol–water partition coefficient (Wildman–Crippen LogP) is -11.4. The molecule has 26 nitrogen and oxygen atoms in total. The van der Waals surface area contributed by atoms with E-state index in [1.165, 1.54) is 24.3 Å². The molecule has 6 rings (SSSR count). The number of nitrogens with zero attached hydrogens (tertiary/aromatic N) is 8.